The van der Waals surface area contributed by atoms with Gasteiger partial charge in [-0.15, -0.1) is 0 Å². The van der Waals surface area contributed by atoms with E-state index in [2.05, 4.69) is 29.8 Å². The van der Waals surface area contributed by atoms with Crippen molar-refractivity contribution in [1.29, 1.82) is 0 Å². The van der Waals surface area contributed by atoms with E-state index >= 15 is 0 Å². The molecule has 0 radical (unpaired) electrons. The van der Waals surface area contributed by atoms with E-state index in [1.54, 1.807) is 24.3 Å². The van der Waals surface area contributed by atoms with Crippen LogP contribution in [0.3, 0.4) is 0 Å². The molecule has 2 aromatic rings. The molecule has 0 saturated carbocycles. The van der Waals surface area contributed by atoms with Gasteiger partial charge in [-0.05, 0) is 36.1 Å². The molecule has 2 rings (SSSR count). The summed E-state index contributed by atoms with van der Waals surface area (Å²) in [6, 6.07) is 14.7. The minimum atomic E-state index is -0.772. The van der Waals surface area contributed by atoms with Crippen LogP contribution < -0.4 is 16.0 Å². The second kappa shape index (κ2) is 14.0. The molecule has 3 N–H and O–H groups in total. The number of nitrogens with one attached hydrogen (secondary N) is 3. The number of para-hydroxylation sites is 1. The van der Waals surface area contributed by atoms with Crippen molar-refractivity contribution in [2.75, 3.05) is 11.9 Å². The summed E-state index contributed by atoms with van der Waals surface area (Å²) in [5.74, 6) is -1.77. The molecule has 2 aromatic carbocycles. The van der Waals surface area contributed by atoms with Gasteiger partial charge in [0.25, 0.3) is 5.91 Å². The lowest BCUT2D eigenvalue weighted by Crippen LogP contribution is -2.36. The number of aryl methyl sites for hydroxylation is 1. The number of unbranched alkanes of at least 4 members (excludes halogenated alkanes) is 5. The molecule has 0 unspecified atom stereocenters. The highest BCUT2D eigenvalue weighted by atomic mass is 16.2. The van der Waals surface area contributed by atoms with Crippen LogP contribution in [0.5, 0.6) is 0 Å². The van der Waals surface area contributed by atoms with Gasteiger partial charge in [-0.25, -0.2) is 0 Å². The Kier molecular flexibility index (Phi) is 11.0. The fourth-order valence-electron chi connectivity index (χ4n) is 3.33. The van der Waals surface area contributed by atoms with Gasteiger partial charge in [-0.2, -0.15) is 0 Å². The quantitative estimate of drug-likeness (QED) is 0.335. The Balaban J connectivity index is 1.83. The van der Waals surface area contributed by atoms with Gasteiger partial charge in [0.2, 0.25) is 0 Å². The van der Waals surface area contributed by atoms with E-state index in [0.717, 1.165) is 31.2 Å². The lowest BCUT2D eigenvalue weighted by Gasteiger charge is -2.12. The normalized spacial score (nSPS) is 10.4. The van der Waals surface area contributed by atoms with Crippen molar-refractivity contribution in [3.63, 3.8) is 0 Å². The van der Waals surface area contributed by atoms with Crippen LogP contribution in [0, 0.1) is 0 Å². The molecular formula is C26H35N3O3. The van der Waals surface area contributed by atoms with Gasteiger partial charge in [0, 0.05) is 13.1 Å². The summed E-state index contributed by atoms with van der Waals surface area (Å²) >= 11 is 0. The molecule has 172 valence electrons. The number of hydrogen-bond donors (Lipinski definition) is 3. The maximum atomic E-state index is 12.7. The topological polar surface area (TPSA) is 87.3 Å². The number of amides is 3. The van der Waals surface area contributed by atoms with Gasteiger partial charge in [0.1, 0.15) is 0 Å². The maximum absolute atomic E-state index is 12.7. The van der Waals surface area contributed by atoms with Crippen LogP contribution in [0.2, 0.25) is 0 Å². The largest absolute Gasteiger partial charge is 0.348 e. The summed E-state index contributed by atoms with van der Waals surface area (Å²) in [7, 11) is 0. The predicted molar refractivity (Wildman–Crippen MR) is 128 cm³/mol. The van der Waals surface area contributed by atoms with Crippen molar-refractivity contribution < 1.29 is 14.4 Å². The van der Waals surface area contributed by atoms with E-state index in [1.807, 2.05) is 24.3 Å². The standard InChI is InChI=1S/C26H35N3O3/c1-3-5-6-7-8-11-18-27-25(31)26(32)29-23-13-10-9-12-22(23)24(30)28-19-21-16-14-20(4-2)15-17-21/h9-10,12-17H,3-8,11,18-19H2,1-2H3,(H,27,31)(H,28,30)(H,29,32). The number of benzene rings is 2. The zero-order valence-electron chi connectivity index (χ0n) is 19.2. The molecule has 0 heterocycles. The highest BCUT2D eigenvalue weighted by molar-refractivity contribution is 6.40. The zero-order chi connectivity index (χ0) is 23.2. The Labute approximate surface area is 191 Å². The molecule has 32 heavy (non-hydrogen) atoms. The Hall–Kier alpha value is -3.15. The van der Waals surface area contributed by atoms with Crippen LogP contribution in [0.1, 0.15) is 73.9 Å². The Morgan fingerprint density at radius 2 is 1.38 bits per heavy atom. The van der Waals surface area contributed by atoms with Gasteiger partial charge in [-0.1, -0.05) is 82.3 Å². The number of carbonyl (C=O) groups excluding carboxylic acids is 3. The Bertz CT molecular complexity index is 878. The number of carbonyl (C=O) groups is 3. The van der Waals surface area contributed by atoms with Crippen molar-refractivity contribution in [1.82, 2.24) is 10.6 Å². The van der Waals surface area contributed by atoms with Crippen LogP contribution in [0.4, 0.5) is 5.69 Å². The zero-order valence-corrected chi connectivity index (χ0v) is 19.2. The summed E-state index contributed by atoms with van der Waals surface area (Å²) in [5, 5.41) is 8.08. The van der Waals surface area contributed by atoms with E-state index < -0.39 is 11.8 Å². The minimum Gasteiger partial charge on any atom is -0.348 e. The number of rotatable bonds is 12. The molecular weight excluding hydrogens is 402 g/mol. The number of anilines is 1. The van der Waals surface area contributed by atoms with E-state index in [1.165, 1.54) is 24.8 Å². The molecule has 0 fully saturated rings. The highest BCUT2D eigenvalue weighted by Gasteiger charge is 2.17. The van der Waals surface area contributed by atoms with Crippen molar-refractivity contribution in [3.05, 3.63) is 65.2 Å². The first-order chi connectivity index (χ1) is 15.5. The average Bonchev–Trinajstić information content (AvgIpc) is 2.82. The van der Waals surface area contributed by atoms with Gasteiger partial charge in [0.15, 0.2) is 0 Å². The van der Waals surface area contributed by atoms with E-state index in [4.69, 9.17) is 0 Å². The van der Waals surface area contributed by atoms with Gasteiger partial charge >= 0.3 is 11.8 Å². The Morgan fingerprint density at radius 1 is 0.719 bits per heavy atom. The molecule has 6 nitrogen and oxygen atoms in total. The van der Waals surface area contributed by atoms with Gasteiger partial charge < -0.3 is 16.0 Å². The van der Waals surface area contributed by atoms with Crippen LogP contribution in [-0.2, 0) is 22.6 Å². The smallest absolute Gasteiger partial charge is 0.313 e. The highest BCUT2D eigenvalue weighted by Crippen LogP contribution is 2.15. The second-order valence-electron chi connectivity index (χ2n) is 7.88. The van der Waals surface area contributed by atoms with Crippen molar-refractivity contribution in [3.8, 4) is 0 Å². The molecule has 0 aliphatic rings. The third-order valence-electron chi connectivity index (χ3n) is 5.33. The van der Waals surface area contributed by atoms with Crippen LogP contribution in [0.25, 0.3) is 0 Å². The molecule has 0 atom stereocenters. The molecule has 0 saturated heterocycles. The summed E-state index contributed by atoms with van der Waals surface area (Å²) in [6.07, 6.45) is 7.61. The van der Waals surface area contributed by atoms with Crippen LogP contribution in [-0.4, -0.2) is 24.3 Å². The van der Waals surface area contributed by atoms with E-state index in [9.17, 15) is 14.4 Å². The summed E-state index contributed by atoms with van der Waals surface area (Å²) in [5.41, 5.74) is 2.86. The molecule has 0 aliphatic carbocycles. The lowest BCUT2D eigenvalue weighted by molar-refractivity contribution is -0.136. The fraction of sp³-hybridized carbons (Fsp3) is 0.423. The summed E-state index contributed by atoms with van der Waals surface area (Å²) in [4.78, 5) is 37.0. The first-order valence-corrected chi connectivity index (χ1v) is 11.6. The number of hydrogen-bond acceptors (Lipinski definition) is 3. The first kappa shape index (κ1) is 25.1. The minimum absolute atomic E-state index is 0.311. The average molecular weight is 438 g/mol. The van der Waals surface area contributed by atoms with Crippen LogP contribution >= 0.6 is 0 Å². The predicted octanol–water partition coefficient (Wildman–Crippen LogP) is 4.59. The summed E-state index contributed by atoms with van der Waals surface area (Å²) < 4.78 is 0. The van der Waals surface area contributed by atoms with Crippen LogP contribution in [0.15, 0.2) is 48.5 Å². The van der Waals surface area contributed by atoms with Gasteiger partial charge in [0.05, 0.1) is 11.3 Å². The SMILES string of the molecule is CCCCCCCCNC(=O)C(=O)Nc1ccccc1C(=O)NCc1ccc(CC)cc1. The first-order valence-electron chi connectivity index (χ1n) is 11.6. The molecule has 0 bridgehead atoms. The maximum Gasteiger partial charge on any atom is 0.313 e. The van der Waals surface area contributed by atoms with Crippen molar-refractivity contribution >= 4 is 23.4 Å². The van der Waals surface area contributed by atoms with E-state index in [-0.39, 0.29) is 5.91 Å². The monoisotopic (exact) mass is 437 g/mol. The molecule has 0 spiro atoms. The molecule has 0 aliphatic heterocycles. The molecule has 3 amide bonds. The lowest BCUT2D eigenvalue weighted by atomic mass is 10.1. The second-order valence-corrected chi connectivity index (χ2v) is 7.88. The van der Waals surface area contributed by atoms with Gasteiger partial charge in [-0.3, -0.25) is 14.4 Å². The van der Waals surface area contributed by atoms with Crippen molar-refractivity contribution in [2.24, 2.45) is 0 Å². The third kappa shape index (κ3) is 8.53. The summed E-state index contributed by atoms with van der Waals surface area (Å²) in [6.45, 7) is 5.11. The van der Waals surface area contributed by atoms with Crippen molar-refractivity contribution in [2.45, 2.75) is 65.3 Å². The van der Waals surface area contributed by atoms with E-state index in [0.29, 0.717) is 24.3 Å². The molecule has 6 heteroatoms. The Morgan fingerprint density at radius 3 is 2.09 bits per heavy atom. The molecule has 0 aromatic heterocycles. The third-order valence-corrected chi connectivity index (χ3v) is 5.33. The fourth-order valence-corrected chi connectivity index (χ4v) is 3.33.